The quantitative estimate of drug-likeness (QED) is 0.434. The summed E-state index contributed by atoms with van der Waals surface area (Å²) in [6.07, 6.45) is 7.08. The number of anilines is 1. The van der Waals surface area contributed by atoms with Crippen molar-refractivity contribution in [2.75, 3.05) is 32.1 Å². The van der Waals surface area contributed by atoms with Gasteiger partial charge in [-0.2, -0.15) is 5.10 Å². The number of fused-ring (bicyclic) bond motifs is 1. The number of nitrogens with zero attached hydrogens (tertiary/aromatic N) is 4. The number of nitrogens with one attached hydrogen (secondary N) is 1. The molecule has 174 valence electrons. The molecule has 34 heavy (non-hydrogen) atoms. The summed E-state index contributed by atoms with van der Waals surface area (Å²) in [5, 5.41) is 8.11. The van der Waals surface area contributed by atoms with Gasteiger partial charge in [0, 0.05) is 24.8 Å². The van der Waals surface area contributed by atoms with Crippen LogP contribution in [0.1, 0.15) is 23.1 Å². The Labute approximate surface area is 202 Å². The Hall–Kier alpha value is -3.49. The summed E-state index contributed by atoms with van der Waals surface area (Å²) < 4.78 is 8.17. The number of carbonyl (C=O) groups is 1. The Bertz CT molecular complexity index is 1390. The van der Waals surface area contributed by atoms with E-state index in [1.54, 1.807) is 7.11 Å². The van der Waals surface area contributed by atoms with Gasteiger partial charge in [0.15, 0.2) is 5.13 Å². The standard InChI is InChI=1S/C26H27N5O2S/c1-17-4-5-21(12-18(17)2)31-15-20(14-27-31)19-8-10-30(11-9-19)16-25(32)29-26-28-23-7-6-22(33-3)13-24(23)34-26/h4-8,12-15H,9-11,16H2,1-3H3,(H,28,29,32). The van der Waals surface area contributed by atoms with Crippen LogP contribution in [0.15, 0.2) is 54.9 Å². The number of hydrogen-bond acceptors (Lipinski definition) is 6. The third kappa shape index (κ3) is 4.73. The molecule has 1 aliphatic heterocycles. The Kier molecular flexibility index (Phi) is 6.17. The third-order valence-electron chi connectivity index (χ3n) is 6.21. The van der Waals surface area contributed by atoms with Gasteiger partial charge in [-0.1, -0.05) is 23.5 Å². The van der Waals surface area contributed by atoms with E-state index in [0.717, 1.165) is 46.7 Å². The minimum atomic E-state index is -0.0505. The Morgan fingerprint density at radius 1 is 1.18 bits per heavy atom. The molecule has 3 heterocycles. The molecule has 0 radical (unpaired) electrons. The number of rotatable bonds is 6. The molecule has 0 fully saturated rings. The monoisotopic (exact) mass is 473 g/mol. The average molecular weight is 474 g/mol. The van der Waals surface area contributed by atoms with Gasteiger partial charge in [-0.3, -0.25) is 9.69 Å². The van der Waals surface area contributed by atoms with Crippen LogP contribution in [0, 0.1) is 13.8 Å². The number of hydrogen-bond donors (Lipinski definition) is 1. The van der Waals surface area contributed by atoms with Crippen molar-refractivity contribution in [2.45, 2.75) is 20.3 Å². The summed E-state index contributed by atoms with van der Waals surface area (Å²) >= 11 is 1.45. The summed E-state index contributed by atoms with van der Waals surface area (Å²) in [5.74, 6) is 0.731. The van der Waals surface area contributed by atoms with Gasteiger partial charge < -0.3 is 10.1 Å². The maximum atomic E-state index is 12.6. The Balaban J connectivity index is 1.19. The van der Waals surface area contributed by atoms with E-state index in [1.165, 1.54) is 28.0 Å². The van der Waals surface area contributed by atoms with Crippen LogP contribution < -0.4 is 10.1 Å². The highest BCUT2D eigenvalue weighted by molar-refractivity contribution is 7.22. The van der Waals surface area contributed by atoms with Crippen molar-refractivity contribution < 1.29 is 9.53 Å². The first-order valence-electron chi connectivity index (χ1n) is 11.3. The first-order valence-corrected chi connectivity index (χ1v) is 12.1. The van der Waals surface area contributed by atoms with E-state index >= 15 is 0 Å². The van der Waals surface area contributed by atoms with Gasteiger partial charge in [-0.15, -0.1) is 0 Å². The largest absolute Gasteiger partial charge is 0.497 e. The Morgan fingerprint density at radius 2 is 2.06 bits per heavy atom. The zero-order valence-electron chi connectivity index (χ0n) is 19.5. The number of benzene rings is 2. The second-order valence-electron chi connectivity index (χ2n) is 8.56. The third-order valence-corrected chi connectivity index (χ3v) is 7.14. The number of methoxy groups -OCH3 is 1. The minimum Gasteiger partial charge on any atom is -0.497 e. The van der Waals surface area contributed by atoms with Gasteiger partial charge in [0.1, 0.15) is 5.75 Å². The van der Waals surface area contributed by atoms with Crippen molar-refractivity contribution in [3.63, 3.8) is 0 Å². The van der Waals surface area contributed by atoms with Gasteiger partial charge in [0.25, 0.3) is 0 Å². The first-order chi connectivity index (χ1) is 16.5. The lowest BCUT2D eigenvalue weighted by Crippen LogP contribution is -2.36. The van der Waals surface area contributed by atoms with Gasteiger partial charge in [0.05, 0.1) is 35.8 Å². The van der Waals surface area contributed by atoms with Crippen LogP contribution in [0.25, 0.3) is 21.5 Å². The molecule has 1 aliphatic rings. The van der Waals surface area contributed by atoms with Crippen molar-refractivity contribution in [3.05, 3.63) is 71.6 Å². The highest BCUT2D eigenvalue weighted by Gasteiger charge is 2.18. The zero-order chi connectivity index (χ0) is 23.7. The van der Waals surface area contributed by atoms with E-state index in [-0.39, 0.29) is 5.91 Å². The summed E-state index contributed by atoms with van der Waals surface area (Å²) in [6, 6.07) is 12.1. The molecule has 0 atom stereocenters. The van der Waals surface area contributed by atoms with Crippen LogP contribution in [0.3, 0.4) is 0 Å². The molecular weight excluding hydrogens is 446 g/mol. The van der Waals surface area contributed by atoms with Crippen molar-refractivity contribution in [1.29, 1.82) is 0 Å². The fourth-order valence-electron chi connectivity index (χ4n) is 4.06. The molecule has 1 N–H and O–H groups in total. The highest BCUT2D eigenvalue weighted by Crippen LogP contribution is 2.29. The molecule has 2 aromatic heterocycles. The van der Waals surface area contributed by atoms with Gasteiger partial charge in [-0.25, -0.2) is 9.67 Å². The molecule has 0 unspecified atom stereocenters. The Morgan fingerprint density at radius 3 is 2.82 bits per heavy atom. The molecule has 0 saturated carbocycles. The minimum absolute atomic E-state index is 0.0505. The number of aromatic nitrogens is 3. The van der Waals surface area contributed by atoms with Gasteiger partial charge in [0.2, 0.25) is 5.91 Å². The van der Waals surface area contributed by atoms with Crippen LogP contribution >= 0.6 is 11.3 Å². The number of aryl methyl sites for hydroxylation is 2. The predicted octanol–water partition coefficient (Wildman–Crippen LogP) is 4.84. The summed E-state index contributed by atoms with van der Waals surface area (Å²) in [4.78, 5) is 19.2. The smallest absolute Gasteiger partial charge is 0.240 e. The van der Waals surface area contributed by atoms with E-state index in [0.29, 0.717) is 11.7 Å². The van der Waals surface area contributed by atoms with Crippen LogP contribution in [0.2, 0.25) is 0 Å². The van der Waals surface area contributed by atoms with E-state index < -0.39 is 0 Å². The molecule has 8 heteroatoms. The predicted molar refractivity (Wildman–Crippen MR) is 137 cm³/mol. The normalized spacial score (nSPS) is 14.3. The molecule has 4 aromatic rings. The van der Waals surface area contributed by atoms with E-state index in [4.69, 9.17) is 4.74 Å². The second-order valence-corrected chi connectivity index (χ2v) is 9.59. The number of ether oxygens (including phenoxy) is 1. The molecule has 0 bridgehead atoms. The van der Waals surface area contributed by atoms with Crippen molar-refractivity contribution >= 4 is 38.2 Å². The van der Waals surface area contributed by atoms with Gasteiger partial charge in [-0.05, 0) is 67.3 Å². The summed E-state index contributed by atoms with van der Waals surface area (Å²) in [6.45, 7) is 6.12. The molecule has 5 rings (SSSR count). The fourth-order valence-corrected chi connectivity index (χ4v) is 4.97. The van der Waals surface area contributed by atoms with Crippen molar-refractivity contribution in [1.82, 2.24) is 19.7 Å². The summed E-state index contributed by atoms with van der Waals surface area (Å²) in [7, 11) is 1.64. The fraction of sp³-hybridized carbons (Fsp3) is 0.269. The van der Waals surface area contributed by atoms with Crippen molar-refractivity contribution in [3.8, 4) is 11.4 Å². The molecule has 0 aliphatic carbocycles. The van der Waals surface area contributed by atoms with Crippen LogP contribution in [0.4, 0.5) is 5.13 Å². The highest BCUT2D eigenvalue weighted by atomic mass is 32.1. The summed E-state index contributed by atoms with van der Waals surface area (Å²) in [5.41, 5.74) is 6.86. The molecule has 0 saturated heterocycles. The van der Waals surface area contributed by atoms with E-state index in [1.807, 2.05) is 29.1 Å². The molecule has 7 nitrogen and oxygen atoms in total. The van der Waals surface area contributed by atoms with Gasteiger partial charge >= 0.3 is 0 Å². The number of carbonyl (C=O) groups excluding carboxylic acids is 1. The first kappa shape index (κ1) is 22.3. The van der Waals surface area contributed by atoms with Crippen LogP contribution in [-0.2, 0) is 4.79 Å². The lowest BCUT2D eigenvalue weighted by Gasteiger charge is -2.25. The molecule has 1 amide bonds. The van der Waals surface area contributed by atoms with Crippen molar-refractivity contribution in [2.24, 2.45) is 0 Å². The van der Waals surface area contributed by atoms with Crippen LogP contribution in [0.5, 0.6) is 5.75 Å². The average Bonchev–Trinajstić information content (AvgIpc) is 3.47. The van der Waals surface area contributed by atoms with E-state index in [9.17, 15) is 4.79 Å². The molecule has 0 spiro atoms. The maximum Gasteiger partial charge on any atom is 0.240 e. The topological polar surface area (TPSA) is 72.3 Å². The molecule has 2 aromatic carbocycles. The zero-order valence-corrected chi connectivity index (χ0v) is 20.4. The lowest BCUT2D eigenvalue weighted by atomic mass is 10.0. The number of thiazole rings is 1. The number of amides is 1. The van der Waals surface area contributed by atoms with E-state index in [2.05, 4.69) is 64.6 Å². The molecular formula is C26H27N5O2S. The van der Waals surface area contributed by atoms with Crippen LogP contribution in [-0.4, -0.2) is 52.3 Å². The lowest BCUT2D eigenvalue weighted by molar-refractivity contribution is -0.117. The maximum absolute atomic E-state index is 12.6. The SMILES string of the molecule is COc1ccc2nc(NC(=O)CN3CC=C(c4cnn(-c5ccc(C)c(C)c5)c4)CC3)sc2c1. The second kappa shape index (κ2) is 9.40.